The van der Waals surface area contributed by atoms with E-state index in [0.717, 1.165) is 54.4 Å². The monoisotopic (exact) mass is 682 g/mol. The number of benzene rings is 9. The zero-order valence-corrected chi connectivity index (χ0v) is 27.4. The van der Waals surface area contributed by atoms with E-state index in [1.165, 1.54) is 4.90 Å². The summed E-state index contributed by atoms with van der Waals surface area (Å²) in [6.07, 6.45) is 0. The van der Waals surface area contributed by atoms with Crippen LogP contribution < -0.4 is 4.90 Å². The van der Waals surface area contributed by atoms with Gasteiger partial charge in [0.1, 0.15) is 5.69 Å². The molecular formula is C46H26F4N2. The van der Waals surface area contributed by atoms with Crippen LogP contribution in [-0.4, -0.2) is 4.57 Å². The fraction of sp³-hybridized carbons (Fsp3) is 0. The van der Waals surface area contributed by atoms with Gasteiger partial charge in [0.2, 0.25) is 0 Å². The molecule has 10 aromatic rings. The third-order valence-corrected chi connectivity index (χ3v) is 10.2. The highest BCUT2D eigenvalue weighted by molar-refractivity contribution is 6.32. The second kappa shape index (κ2) is 11.4. The molecule has 0 bridgehead atoms. The normalized spacial score (nSPS) is 11.8. The van der Waals surface area contributed by atoms with Crippen molar-refractivity contribution in [2.75, 3.05) is 4.90 Å². The van der Waals surface area contributed by atoms with E-state index in [1.807, 2.05) is 48.5 Å². The summed E-state index contributed by atoms with van der Waals surface area (Å²) in [5, 5.41) is 7.08. The Balaban J connectivity index is 1.26. The standard InChI is InChI=1S/C46H26F4N2/c47-41-40(42(48)44(50)46(43(41)49)51(29-12-4-1-5-13-29)30-14-6-2-7-15-30)34-23-22-27-20-21-28-26-36-32-18-10-11-19-37(32)52(31-16-8-3-9-17-31)45(36)35-25-24-33(34)38(27)39(28)35/h1-26H. The second-order valence-corrected chi connectivity index (χ2v) is 13.0. The van der Waals surface area contributed by atoms with E-state index in [4.69, 9.17) is 0 Å². The molecule has 0 atom stereocenters. The van der Waals surface area contributed by atoms with Crippen molar-refractivity contribution in [2.45, 2.75) is 0 Å². The second-order valence-electron chi connectivity index (χ2n) is 13.0. The summed E-state index contributed by atoms with van der Waals surface area (Å²) in [6, 6.07) is 48.4. The number of rotatable bonds is 5. The molecule has 0 fully saturated rings. The van der Waals surface area contributed by atoms with E-state index in [1.54, 1.807) is 72.8 Å². The highest BCUT2D eigenvalue weighted by Gasteiger charge is 2.32. The number of anilines is 3. The van der Waals surface area contributed by atoms with Gasteiger partial charge in [-0.1, -0.05) is 109 Å². The van der Waals surface area contributed by atoms with Crippen molar-refractivity contribution in [1.29, 1.82) is 0 Å². The minimum atomic E-state index is -1.48. The van der Waals surface area contributed by atoms with Crippen molar-refractivity contribution >= 4 is 71.2 Å². The Labute approximate surface area is 295 Å². The van der Waals surface area contributed by atoms with E-state index in [2.05, 4.69) is 41.0 Å². The molecule has 0 N–H and O–H groups in total. The summed E-state index contributed by atoms with van der Waals surface area (Å²) in [4.78, 5) is 1.20. The SMILES string of the molecule is Fc1c(F)c(N(c2ccccc2)c2ccccc2)c(F)c(F)c1-c1ccc2ccc3cc4c5ccccc5n(-c5ccccc5)c4c4ccc1c2c34. The van der Waals surface area contributed by atoms with Crippen LogP contribution in [0.25, 0.3) is 70.9 Å². The van der Waals surface area contributed by atoms with Gasteiger partial charge in [0.05, 0.1) is 16.6 Å². The Hall–Kier alpha value is -6.66. The van der Waals surface area contributed by atoms with Gasteiger partial charge in [0, 0.05) is 33.2 Å². The van der Waals surface area contributed by atoms with Crippen molar-refractivity contribution in [1.82, 2.24) is 4.57 Å². The minimum Gasteiger partial charge on any atom is -0.309 e. The van der Waals surface area contributed by atoms with E-state index >= 15 is 17.6 Å². The summed E-state index contributed by atoms with van der Waals surface area (Å²) in [5.74, 6) is -5.90. The molecule has 1 heterocycles. The molecule has 2 nitrogen and oxygen atoms in total. The average Bonchev–Trinajstić information content (AvgIpc) is 3.53. The molecule has 0 radical (unpaired) electrons. The highest BCUT2D eigenvalue weighted by atomic mass is 19.2. The molecule has 1 aromatic heterocycles. The predicted octanol–water partition coefficient (Wildman–Crippen LogP) is 13.4. The van der Waals surface area contributed by atoms with Crippen LogP contribution in [0, 0.1) is 23.3 Å². The van der Waals surface area contributed by atoms with Gasteiger partial charge in [-0.15, -0.1) is 0 Å². The smallest absolute Gasteiger partial charge is 0.186 e. The number of hydrogen-bond donors (Lipinski definition) is 0. The van der Waals surface area contributed by atoms with Crippen LogP contribution in [0.4, 0.5) is 34.6 Å². The highest BCUT2D eigenvalue weighted by Crippen LogP contribution is 2.47. The molecule has 0 saturated heterocycles. The fourth-order valence-corrected chi connectivity index (χ4v) is 8.00. The summed E-state index contributed by atoms with van der Waals surface area (Å²) >= 11 is 0. The molecule has 0 spiro atoms. The lowest BCUT2D eigenvalue weighted by molar-refractivity contribution is 0.461. The van der Waals surface area contributed by atoms with Crippen LogP contribution in [-0.2, 0) is 0 Å². The lowest BCUT2D eigenvalue weighted by atomic mass is 9.88. The first kappa shape index (κ1) is 30.2. The predicted molar refractivity (Wildman–Crippen MR) is 204 cm³/mol. The molecule has 0 unspecified atom stereocenters. The summed E-state index contributed by atoms with van der Waals surface area (Å²) in [7, 11) is 0. The maximum Gasteiger partial charge on any atom is 0.186 e. The van der Waals surface area contributed by atoms with Crippen LogP contribution >= 0.6 is 0 Å². The van der Waals surface area contributed by atoms with Gasteiger partial charge in [-0.25, -0.2) is 17.6 Å². The van der Waals surface area contributed by atoms with Gasteiger partial charge in [0.25, 0.3) is 0 Å². The number of fused-ring (bicyclic) bond motifs is 4. The van der Waals surface area contributed by atoms with E-state index in [9.17, 15) is 0 Å². The van der Waals surface area contributed by atoms with Gasteiger partial charge < -0.3 is 9.47 Å². The lowest BCUT2D eigenvalue weighted by Crippen LogP contribution is -2.16. The fourth-order valence-electron chi connectivity index (χ4n) is 8.00. The molecule has 0 aliphatic carbocycles. The molecule has 248 valence electrons. The van der Waals surface area contributed by atoms with Gasteiger partial charge in [-0.05, 0) is 81.0 Å². The number of aromatic nitrogens is 1. The molecule has 0 aliphatic rings. The van der Waals surface area contributed by atoms with Crippen molar-refractivity contribution in [3.63, 3.8) is 0 Å². The number of hydrogen-bond acceptors (Lipinski definition) is 1. The maximum absolute atomic E-state index is 16.6. The molecule has 0 aliphatic heterocycles. The van der Waals surface area contributed by atoms with Crippen LogP contribution in [0.15, 0.2) is 158 Å². The van der Waals surface area contributed by atoms with E-state index < -0.39 is 34.5 Å². The molecule has 0 saturated carbocycles. The largest absolute Gasteiger partial charge is 0.309 e. The Morgan fingerprint density at radius 2 is 0.962 bits per heavy atom. The molecule has 0 amide bonds. The van der Waals surface area contributed by atoms with E-state index in [-0.39, 0.29) is 5.56 Å². The Morgan fingerprint density at radius 1 is 0.423 bits per heavy atom. The van der Waals surface area contributed by atoms with Crippen molar-refractivity contribution in [3.05, 3.63) is 181 Å². The first-order valence-electron chi connectivity index (χ1n) is 17.0. The van der Waals surface area contributed by atoms with Crippen LogP contribution in [0.1, 0.15) is 0 Å². The Morgan fingerprint density at radius 3 is 1.63 bits per heavy atom. The third-order valence-electron chi connectivity index (χ3n) is 10.2. The Kier molecular flexibility index (Phi) is 6.64. The summed E-state index contributed by atoms with van der Waals surface area (Å²) < 4.78 is 68.3. The summed E-state index contributed by atoms with van der Waals surface area (Å²) in [5.41, 5.74) is 2.23. The zero-order valence-electron chi connectivity index (χ0n) is 27.4. The molecule has 10 rings (SSSR count). The average molecular weight is 683 g/mol. The molecule has 9 aromatic carbocycles. The van der Waals surface area contributed by atoms with Gasteiger partial charge >= 0.3 is 0 Å². The van der Waals surface area contributed by atoms with Gasteiger partial charge in [0.15, 0.2) is 23.3 Å². The first-order chi connectivity index (χ1) is 25.5. The van der Waals surface area contributed by atoms with Gasteiger partial charge in [-0.3, -0.25) is 0 Å². The molecule has 6 heteroatoms. The number of para-hydroxylation sites is 4. The van der Waals surface area contributed by atoms with Crippen molar-refractivity contribution in [3.8, 4) is 16.8 Å². The quantitative estimate of drug-likeness (QED) is 0.0997. The molecule has 52 heavy (non-hydrogen) atoms. The maximum atomic E-state index is 16.6. The summed E-state index contributed by atoms with van der Waals surface area (Å²) in [6.45, 7) is 0. The first-order valence-corrected chi connectivity index (χ1v) is 17.0. The Bertz CT molecular complexity index is 2920. The number of halogens is 4. The van der Waals surface area contributed by atoms with Crippen molar-refractivity contribution < 1.29 is 17.6 Å². The van der Waals surface area contributed by atoms with Crippen LogP contribution in [0.5, 0.6) is 0 Å². The lowest BCUT2D eigenvalue weighted by Gasteiger charge is -2.27. The minimum absolute atomic E-state index is 0.0657. The molecular weight excluding hydrogens is 657 g/mol. The van der Waals surface area contributed by atoms with Crippen LogP contribution in [0.2, 0.25) is 0 Å². The van der Waals surface area contributed by atoms with Crippen molar-refractivity contribution in [2.24, 2.45) is 0 Å². The zero-order chi connectivity index (χ0) is 35.1. The van der Waals surface area contributed by atoms with Gasteiger partial charge in [-0.2, -0.15) is 0 Å². The third kappa shape index (κ3) is 4.24. The number of nitrogens with zero attached hydrogens (tertiary/aromatic N) is 2. The van der Waals surface area contributed by atoms with Crippen LogP contribution in [0.3, 0.4) is 0 Å². The topological polar surface area (TPSA) is 8.17 Å². The van der Waals surface area contributed by atoms with E-state index in [0.29, 0.717) is 16.8 Å².